The van der Waals surface area contributed by atoms with Gasteiger partial charge in [-0.05, 0) is 18.9 Å². The van der Waals surface area contributed by atoms with E-state index in [9.17, 15) is 24.2 Å². The summed E-state index contributed by atoms with van der Waals surface area (Å²) in [6, 6.07) is 8.71. The molecule has 0 saturated carbocycles. The average Bonchev–Trinajstić information content (AvgIpc) is 2.46. The second kappa shape index (κ2) is 7.56. The number of carboxylic acids is 2. The van der Waals surface area contributed by atoms with Crippen molar-refractivity contribution in [2.75, 3.05) is 0 Å². The van der Waals surface area contributed by atoms with Crippen molar-refractivity contribution in [3.05, 3.63) is 35.9 Å². The van der Waals surface area contributed by atoms with Crippen LogP contribution >= 0.6 is 7.37 Å². The van der Waals surface area contributed by atoms with Gasteiger partial charge in [-0.3, -0.25) is 14.2 Å². The number of hydrogen-bond acceptors (Lipinski definition) is 3. The SMILES string of the molecule is CC(c1ccccc1)P(=O)(O)C(C)C(CCC(=O)O)C(=O)O. The minimum absolute atomic E-state index is 0.169. The second-order valence-corrected chi connectivity index (χ2v) is 8.31. The summed E-state index contributed by atoms with van der Waals surface area (Å²) >= 11 is 0. The number of benzene rings is 1. The molecule has 22 heavy (non-hydrogen) atoms. The van der Waals surface area contributed by atoms with Crippen LogP contribution in [0, 0.1) is 5.92 Å². The molecule has 4 unspecified atom stereocenters. The Morgan fingerprint density at radius 3 is 2.14 bits per heavy atom. The molecule has 0 aromatic heterocycles. The predicted octanol–water partition coefficient (Wildman–Crippen LogP) is 2.97. The van der Waals surface area contributed by atoms with Crippen molar-refractivity contribution in [2.24, 2.45) is 5.92 Å². The molecule has 0 bridgehead atoms. The van der Waals surface area contributed by atoms with Gasteiger partial charge in [-0.2, -0.15) is 0 Å². The molecule has 0 saturated heterocycles. The minimum atomic E-state index is -3.84. The van der Waals surface area contributed by atoms with Gasteiger partial charge < -0.3 is 15.1 Å². The number of carboxylic acid groups (broad SMARTS) is 2. The Morgan fingerprint density at radius 1 is 1.14 bits per heavy atom. The van der Waals surface area contributed by atoms with Gasteiger partial charge in [0.15, 0.2) is 0 Å². The first-order valence-corrected chi connectivity index (χ1v) is 8.79. The van der Waals surface area contributed by atoms with Crippen molar-refractivity contribution < 1.29 is 29.3 Å². The van der Waals surface area contributed by atoms with Crippen molar-refractivity contribution in [1.29, 1.82) is 0 Å². The van der Waals surface area contributed by atoms with Gasteiger partial charge in [0.1, 0.15) is 0 Å². The van der Waals surface area contributed by atoms with Crippen molar-refractivity contribution >= 4 is 19.3 Å². The third-order valence-corrected chi connectivity index (χ3v) is 6.92. The first kappa shape index (κ1) is 18.4. The standard InChI is InChI=1S/C15H21O6P/c1-10(12-6-4-3-5-7-12)22(20,21)11(2)13(15(18)19)8-9-14(16)17/h3-7,10-11,13H,8-9H2,1-2H3,(H,16,17)(H,18,19)(H,20,21). The first-order chi connectivity index (χ1) is 10.2. The Labute approximate surface area is 129 Å². The molecule has 0 heterocycles. The zero-order chi connectivity index (χ0) is 16.9. The van der Waals surface area contributed by atoms with E-state index < -0.39 is 36.5 Å². The third-order valence-electron chi connectivity index (χ3n) is 3.99. The van der Waals surface area contributed by atoms with Crippen molar-refractivity contribution in [1.82, 2.24) is 0 Å². The molecule has 1 aromatic carbocycles. The normalized spacial score (nSPS) is 18.0. The van der Waals surface area contributed by atoms with Gasteiger partial charge in [0, 0.05) is 12.1 Å². The van der Waals surface area contributed by atoms with Gasteiger partial charge in [-0.25, -0.2) is 0 Å². The molecule has 122 valence electrons. The van der Waals surface area contributed by atoms with Crippen molar-refractivity contribution in [2.45, 2.75) is 38.0 Å². The molecule has 0 amide bonds. The lowest BCUT2D eigenvalue weighted by atomic mass is 10.0. The maximum Gasteiger partial charge on any atom is 0.307 e. The molecule has 1 rings (SSSR count). The molecule has 4 atom stereocenters. The molecule has 0 aliphatic rings. The maximum atomic E-state index is 12.7. The van der Waals surface area contributed by atoms with Crippen LogP contribution in [0.5, 0.6) is 0 Å². The van der Waals surface area contributed by atoms with Crippen LogP contribution in [0.4, 0.5) is 0 Å². The molecule has 1 aromatic rings. The van der Waals surface area contributed by atoms with E-state index in [4.69, 9.17) is 5.11 Å². The molecule has 0 aliphatic carbocycles. The lowest BCUT2D eigenvalue weighted by Crippen LogP contribution is -2.28. The molecule has 3 N–H and O–H groups in total. The molecule has 7 heteroatoms. The van der Waals surface area contributed by atoms with E-state index in [1.807, 2.05) is 0 Å². The molecule has 6 nitrogen and oxygen atoms in total. The summed E-state index contributed by atoms with van der Waals surface area (Å²) in [7, 11) is -3.84. The Kier molecular flexibility index (Phi) is 6.33. The highest BCUT2D eigenvalue weighted by atomic mass is 31.2. The number of carbonyl (C=O) groups is 2. The van der Waals surface area contributed by atoms with Crippen LogP contribution in [-0.4, -0.2) is 32.7 Å². The van der Waals surface area contributed by atoms with Gasteiger partial charge in [0.05, 0.1) is 11.6 Å². The maximum absolute atomic E-state index is 12.7. The topological polar surface area (TPSA) is 112 Å². The lowest BCUT2D eigenvalue weighted by Gasteiger charge is -2.29. The fourth-order valence-electron chi connectivity index (χ4n) is 2.41. The largest absolute Gasteiger partial charge is 0.481 e. The Bertz CT molecular complexity index is 571. The Hall–Kier alpha value is -1.65. The Balaban J connectivity index is 2.99. The fraction of sp³-hybridized carbons (Fsp3) is 0.467. The zero-order valence-electron chi connectivity index (χ0n) is 12.5. The van der Waals surface area contributed by atoms with E-state index in [-0.39, 0.29) is 12.8 Å². The minimum Gasteiger partial charge on any atom is -0.481 e. The molecule has 0 radical (unpaired) electrons. The molecular weight excluding hydrogens is 307 g/mol. The van der Waals surface area contributed by atoms with Crippen LogP contribution in [-0.2, 0) is 14.2 Å². The molecular formula is C15H21O6P. The predicted molar refractivity (Wildman–Crippen MR) is 82.1 cm³/mol. The smallest absolute Gasteiger partial charge is 0.307 e. The summed E-state index contributed by atoms with van der Waals surface area (Å²) in [5.41, 5.74) is -1.09. The summed E-state index contributed by atoms with van der Waals surface area (Å²) in [5, 5.41) is 17.9. The van der Waals surface area contributed by atoms with Crippen LogP contribution < -0.4 is 0 Å². The van der Waals surface area contributed by atoms with E-state index >= 15 is 0 Å². The van der Waals surface area contributed by atoms with E-state index in [1.165, 1.54) is 6.92 Å². The molecule has 0 fully saturated rings. The van der Waals surface area contributed by atoms with Gasteiger partial charge >= 0.3 is 11.9 Å². The third kappa shape index (κ3) is 4.42. The van der Waals surface area contributed by atoms with Crippen molar-refractivity contribution in [3.8, 4) is 0 Å². The van der Waals surface area contributed by atoms with Gasteiger partial charge in [-0.15, -0.1) is 0 Å². The first-order valence-electron chi connectivity index (χ1n) is 6.99. The number of aliphatic carboxylic acids is 2. The second-order valence-electron chi connectivity index (χ2n) is 5.38. The quantitative estimate of drug-likeness (QED) is 0.633. The van der Waals surface area contributed by atoms with Crippen LogP contribution in [0.3, 0.4) is 0 Å². The van der Waals surface area contributed by atoms with Crippen LogP contribution in [0.1, 0.15) is 37.9 Å². The average molecular weight is 328 g/mol. The van der Waals surface area contributed by atoms with E-state index in [1.54, 1.807) is 37.3 Å². The Morgan fingerprint density at radius 2 is 1.68 bits per heavy atom. The summed E-state index contributed by atoms with van der Waals surface area (Å²) in [4.78, 5) is 32.4. The summed E-state index contributed by atoms with van der Waals surface area (Å²) in [6.07, 6.45) is -0.515. The summed E-state index contributed by atoms with van der Waals surface area (Å²) in [6.45, 7) is 2.99. The van der Waals surface area contributed by atoms with Crippen molar-refractivity contribution in [3.63, 3.8) is 0 Å². The highest BCUT2D eigenvalue weighted by Gasteiger charge is 2.41. The summed E-state index contributed by atoms with van der Waals surface area (Å²) in [5.74, 6) is -3.54. The van der Waals surface area contributed by atoms with Gasteiger partial charge in [0.2, 0.25) is 7.37 Å². The van der Waals surface area contributed by atoms with Gasteiger partial charge in [0.25, 0.3) is 0 Å². The van der Waals surface area contributed by atoms with Crippen LogP contribution in [0.15, 0.2) is 30.3 Å². The number of rotatable bonds is 8. The number of hydrogen-bond donors (Lipinski definition) is 3. The van der Waals surface area contributed by atoms with Crippen LogP contribution in [0.2, 0.25) is 0 Å². The van der Waals surface area contributed by atoms with Gasteiger partial charge in [-0.1, -0.05) is 37.3 Å². The van der Waals surface area contributed by atoms with E-state index in [0.717, 1.165) is 0 Å². The lowest BCUT2D eigenvalue weighted by molar-refractivity contribution is -0.143. The highest BCUT2D eigenvalue weighted by Crippen LogP contribution is 2.61. The highest BCUT2D eigenvalue weighted by molar-refractivity contribution is 7.59. The summed E-state index contributed by atoms with van der Waals surface area (Å²) < 4.78 is 12.7. The monoisotopic (exact) mass is 328 g/mol. The van der Waals surface area contributed by atoms with E-state index in [2.05, 4.69) is 0 Å². The van der Waals surface area contributed by atoms with E-state index in [0.29, 0.717) is 5.56 Å². The molecule has 0 aliphatic heterocycles. The zero-order valence-corrected chi connectivity index (χ0v) is 13.4. The fourth-order valence-corrected chi connectivity index (χ4v) is 4.50. The van der Waals surface area contributed by atoms with Crippen LogP contribution in [0.25, 0.3) is 0 Å². The molecule has 0 spiro atoms.